The van der Waals surface area contributed by atoms with Crippen LogP contribution in [-0.4, -0.2) is 36.0 Å². The summed E-state index contributed by atoms with van der Waals surface area (Å²) in [5.74, 6) is 1.31. The van der Waals surface area contributed by atoms with Gasteiger partial charge in [0.2, 0.25) is 0 Å². The number of rotatable bonds is 8. The van der Waals surface area contributed by atoms with E-state index in [0.717, 1.165) is 5.56 Å². The van der Waals surface area contributed by atoms with Crippen LogP contribution in [0.5, 0.6) is 11.5 Å². The molecule has 0 bridgehead atoms. The van der Waals surface area contributed by atoms with Crippen molar-refractivity contribution in [1.82, 2.24) is 9.88 Å². The fourth-order valence-electron chi connectivity index (χ4n) is 2.52. The van der Waals surface area contributed by atoms with E-state index >= 15 is 0 Å². The summed E-state index contributed by atoms with van der Waals surface area (Å²) in [5.41, 5.74) is 1.58. The summed E-state index contributed by atoms with van der Waals surface area (Å²) in [5, 5.41) is 0.618. The number of hydrogen-bond donors (Lipinski definition) is 0. The fraction of sp³-hybridized carbons (Fsp3) is 0.182. The Morgan fingerprint density at radius 1 is 1.04 bits per heavy atom. The predicted octanol–water partition coefficient (Wildman–Crippen LogP) is 4.47. The minimum atomic E-state index is -0.0755. The van der Waals surface area contributed by atoms with Gasteiger partial charge >= 0.3 is 0 Å². The van der Waals surface area contributed by atoms with Gasteiger partial charge in [-0.25, -0.2) is 0 Å². The van der Waals surface area contributed by atoms with Crippen molar-refractivity contribution in [2.75, 3.05) is 20.2 Å². The normalized spacial score (nSPS) is 10.4. The molecule has 0 aliphatic heterocycles. The van der Waals surface area contributed by atoms with Crippen molar-refractivity contribution in [3.63, 3.8) is 0 Å². The lowest BCUT2D eigenvalue weighted by Gasteiger charge is -2.18. The van der Waals surface area contributed by atoms with Crippen LogP contribution in [0.1, 0.15) is 15.9 Å². The van der Waals surface area contributed by atoms with E-state index in [1.807, 2.05) is 24.3 Å². The molecular formula is C22H21ClN2O3. The lowest BCUT2D eigenvalue weighted by Crippen LogP contribution is -2.30. The molecule has 0 fully saturated rings. The fourth-order valence-corrected chi connectivity index (χ4v) is 2.70. The number of ether oxygens (including phenoxy) is 2. The largest absolute Gasteiger partial charge is 0.492 e. The van der Waals surface area contributed by atoms with Crippen LogP contribution in [-0.2, 0) is 6.61 Å². The first-order chi connectivity index (χ1) is 13.6. The highest BCUT2D eigenvalue weighted by atomic mass is 35.5. The molecule has 0 radical (unpaired) electrons. The van der Waals surface area contributed by atoms with Crippen molar-refractivity contribution in [2.45, 2.75) is 6.61 Å². The smallest absolute Gasteiger partial charge is 0.253 e. The van der Waals surface area contributed by atoms with E-state index in [-0.39, 0.29) is 5.91 Å². The molecule has 1 heterocycles. The number of hydrogen-bond acceptors (Lipinski definition) is 4. The van der Waals surface area contributed by atoms with E-state index in [4.69, 9.17) is 21.1 Å². The summed E-state index contributed by atoms with van der Waals surface area (Å²) in [4.78, 5) is 18.2. The Kier molecular flexibility index (Phi) is 6.87. The Balaban J connectivity index is 1.47. The van der Waals surface area contributed by atoms with E-state index in [1.165, 1.54) is 0 Å². The Hall–Kier alpha value is -3.05. The third-order valence-electron chi connectivity index (χ3n) is 4.07. The lowest BCUT2D eigenvalue weighted by molar-refractivity contribution is 0.0773. The van der Waals surface area contributed by atoms with Crippen molar-refractivity contribution < 1.29 is 14.3 Å². The molecule has 1 amide bonds. The Morgan fingerprint density at radius 2 is 1.86 bits per heavy atom. The molecule has 6 heteroatoms. The average molecular weight is 397 g/mol. The van der Waals surface area contributed by atoms with Crippen molar-refractivity contribution in [3.8, 4) is 11.5 Å². The minimum absolute atomic E-state index is 0.0755. The first-order valence-electron chi connectivity index (χ1n) is 8.87. The van der Waals surface area contributed by atoms with Crippen LogP contribution < -0.4 is 9.47 Å². The van der Waals surface area contributed by atoms with Gasteiger partial charge in [-0.15, -0.1) is 0 Å². The number of pyridine rings is 1. The number of benzene rings is 2. The lowest BCUT2D eigenvalue weighted by atomic mass is 10.2. The highest BCUT2D eigenvalue weighted by Crippen LogP contribution is 2.17. The maximum absolute atomic E-state index is 12.5. The van der Waals surface area contributed by atoms with E-state index in [9.17, 15) is 4.79 Å². The molecule has 0 spiro atoms. The third-order valence-corrected chi connectivity index (χ3v) is 4.30. The van der Waals surface area contributed by atoms with Crippen LogP contribution in [0.25, 0.3) is 0 Å². The minimum Gasteiger partial charge on any atom is -0.492 e. The second-order valence-corrected chi connectivity index (χ2v) is 6.64. The summed E-state index contributed by atoms with van der Waals surface area (Å²) < 4.78 is 11.3. The van der Waals surface area contributed by atoms with Gasteiger partial charge in [-0.2, -0.15) is 0 Å². The SMILES string of the molecule is CN(CCOc1cccc(Cl)c1)C(=O)c1ccc(OCc2cccnc2)cc1. The van der Waals surface area contributed by atoms with Crippen LogP contribution in [0.15, 0.2) is 73.1 Å². The van der Waals surface area contributed by atoms with Crippen LogP contribution in [0.3, 0.4) is 0 Å². The van der Waals surface area contributed by atoms with Crippen molar-refractivity contribution in [2.24, 2.45) is 0 Å². The van der Waals surface area contributed by atoms with Crippen LogP contribution in [0, 0.1) is 0 Å². The third kappa shape index (κ3) is 5.72. The number of carbonyl (C=O) groups excluding carboxylic acids is 1. The highest BCUT2D eigenvalue weighted by Gasteiger charge is 2.12. The molecule has 0 atom stereocenters. The van der Waals surface area contributed by atoms with Gasteiger partial charge in [0.05, 0.1) is 6.54 Å². The van der Waals surface area contributed by atoms with E-state index < -0.39 is 0 Å². The monoisotopic (exact) mass is 396 g/mol. The van der Waals surface area contributed by atoms with Gasteiger partial charge < -0.3 is 14.4 Å². The number of halogens is 1. The zero-order valence-corrected chi connectivity index (χ0v) is 16.3. The number of nitrogens with zero attached hydrogens (tertiary/aromatic N) is 2. The van der Waals surface area contributed by atoms with Gasteiger partial charge in [0.1, 0.15) is 24.7 Å². The number of amides is 1. The quantitative estimate of drug-likeness (QED) is 0.564. The van der Waals surface area contributed by atoms with Gasteiger partial charge in [-0.05, 0) is 48.5 Å². The molecule has 1 aromatic heterocycles. The molecular weight excluding hydrogens is 376 g/mol. The Morgan fingerprint density at radius 3 is 2.57 bits per heavy atom. The maximum atomic E-state index is 12.5. The molecule has 0 saturated heterocycles. The Labute approximate surface area is 169 Å². The van der Waals surface area contributed by atoms with Crippen LogP contribution in [0.2, 0.25) is 5.02 Å². The maximum Gasteiger partial charge on any atom is 0.253 e. The van der Waals surface area contributed by atoms with Crippen LogP contribution in [0.4, 0.5) is 0 Å². The van der Waals surface area contributed by atoms with Gasteiger partial charge in [0.15, 0.2) is 0 Å². The molecule has 3 aromatic rings. The summed E-state index contributed by atoms with van der Waals surface area (Å²) in [6, 6.07) is 18.1. The molecule has 0 aliphatic rings. The molecule has 0 saturated carbocycles. The number of aromatic nitrogens is 1. The average Bonchev–Trinajstić information content (AvgIpc) is 2.73. The second kappa shape index (κ2) is 9.76. The van der Waals surface area contributed by atoms with Crippen LogP contribution >= 0.6 is 11.6 Å². The van der Waals surface area contributed by atoms with Gasteiger partial charge in [-0.1, -0.05) is 23.7 Å². The number of carbonyl (C=O) groups is 1. The Bertz CT molecular complexity index is 901. The molecule has 28 heavy (non-hydrogen) atoms. The molecule has 3 rings (SSSR count). The van der Waals surface area contributed by atoms with E-state index in [0.29, 0.717) is 41.8 Å². The second-order valence-electron chi connectivity index (χ2n) is 6.21. The molecule has 0 N–H and O–H groups in total. The summed E-state index contributed by atoms with van der Waals surface area (Å²) in [7, 11) is 1.75. The topological polar surface area (TPSA) is 51.7 Å². The van der Waals surface area contributed by atoms with Gasteiger partial charge in [0, 0.05) is 35.6 Å². The zero-order chi connectivity index (χ0) is 19.8. The first-order valence-corrected chi connectivity index (χ1v) is 9.25. The standard InChI is InChI=1S/C22H21ClN2O3/c1-25(12-13-27-21-6-2-5-19(23)14-21)22(26)18-7-9-20(10-8-18)28-16-17-4-3-11-24-15-17/h2-11,14-15H,12-13,16H2,1H3. The molecule has 0 aliphatic carbocycles. The first kappa shape index (κ1) is 19.7. The summed E-state index contributed by atoms with van der Waals surface area (Å²) in [6.07, 6.45) is 3.48. The molecule has 5 nitrogen and oxygen atoms in total. The summed E-state index contributed by atoms with van der Waals surface area (Å²) in [6.45, 7) is 1.28. The number of likely N-dealkylation sites (N-methyl/N-ethyl adjacent to an activating group) is 1. The summed E-state index contributed by atoms with van der Waals surface area (Å²) >= 11 is 5.93. The van der Waals surface area contributed by atoms with Gasteiger partial charge in [0.25, 0.3) is 5.91 Å². The van der Waals surface area contributed by atoms with Gasteiger partial charge in [-0.3, -0.25) is 9.78 Å². The van der Waals surface area contributed by atoms with Crippen molar-refractivity contribution in [1.29, 1.82) is 0 Å². The molecule has 144 valence electrons. The molecule has 2 aromatic carbocycles. The van der Waals surface area contributed by atoms with Crippen molar-refractivity contribution >= 4 is 17.5 Å². The van der Waals surface area contributed by atoms with E-state index in [1.54, 1.807) is 60.7 Å². The predicted molar refractivity (Wildman–Crippen MR) is 109 cm³/mol. The van der Waals surface area contributed by atoms with E-state index in [2.05, 4.69) is 4.98 Å². The molecule has 0 unspecified atom stereocenters. The van der Waals surface area contributed by atoms with Crippen molar-refractivity contribution in [3.05, 3.63) is 89.2 Å². The zero-order valence-electron chi connectivity index (χ0n) is 15.5. The highest BCUT2D eigenvalue weighted by molar-refractivity contribution is 6.30.